The van der Waals surface area contributed by atoms with Gasteiger partial charge in [0.1, 0.15) is 0 Å². The summed E-state index contributed by atoms with van der Waals surface area (Å²) in [7, 11) is -10.7. The van der Waals surface area contributed by atoms with E-state index in [2.05, 4.69) is 5.32 Å². The topological polar surface area (TPSA) is 182 Å². The number of para-hydroxylation sites is 2. The summed E-state index contributed by atoms with van der Waals surface area (Å²) in [6.45, 7) is -1.01. The summed E-state index contributed by atoms with van der Waals surface area (Å²) in [6, 6.07) is 11.5. The smallest absolute Gasteiger partial charge is 0.360 e. The molecule has 0 saturated heterocycles. The summed E-state index contributed by atoms with van der Waals surface area (Å²) in [6.07, 6.45) is -0.307. The highest BCUT2D eigenvalue weighted by atomic mass is 35.5. The average molecular weight is 527 g/mol. The summed E-state index contributed by atoms with van der Waals surface area (Å²) < 4.78 is 27.1. The van der Waals surface area contributed by atoms with Crippen LogP contribution >= 0.6 is 38.4 Å². The molecule has 0 aliphatic rings. The molecule has 0 bridgehead atoms. The van der Waals surface area contributed by atoms with E-state index in [0.717, 1.165) is 0 Å². The van der Waals surface area contributed by atoms with Crippen LogP contribution in [0.5, 0.6) is 0 Å². The van der Waals surface area contributed by atoms with Crippen molar-refractivity contribution in [2.24, 2.45) is 0 Å². The number of anilines is 2. The maximum absolute atomic E-state index is 12.1. The van der Waals surface area contributed by atoms with Crippen molar-refractivity contribution in [2.45, 2.75) is 11.9 Å². The van der Waals surface area contributed by atoms with Gasteiger partial charge >= 0.3 is 21.2 Å². The van der Waals surface area contributed by atoms with Gasteiger partial charge in [0.05, 0.1) is 22.2 Å². The monoisotopic (exact) mass is 526 g/mol. The fourth-order valence-corrected chi connectivity index (χ4v) is 5.13. The second-order valence-corrected chi connectivity index (χ2v) is 10.9. The van der Waals surface area contributed by atoms with Crippen molar-refractivity contribution in [2.75, 3.05) is 11.9 Å². The van der Waals surface area contributed by atoms with Crippen LogP contribution in [0.4, 0.5) is 11.4 Å². The number of amides is 1. The first-order valence-electron chi connectivity index (χ1n) is 8.63. The number of rotatable bonds is 9. The summed E-state index contributed by atoms with van der Waals surface area (Å²) in [5, 5.41) is 5.19. The molecule has 2 aromatic rings. The van der Waals surface area contributed by atoms with Crippen molar-refractivity contribution in [3.8, 4) is 0 Å². The zero-order chi connectivity index (χ0) is 24.1. The fourth-order valence-electron chi connectivity index (χ4n) is 2.45. The predicted octanol–water partition coefficient (Wildman–Crippen LogP) is 2.58. The Labute approximate surface area is 192 Å². The minimum absolute atomic E-state index is 0.307. The molecule has 0 aromatic heterocycles. The molecule has 2 rings (SSSR count). The van der Waals surface area contributed by atoms with Crippen LogP contribution in [0.3, 0.4) is 0 Å². The minimum atomic E-state index is -5.37. The molecule has 6 N–H and O–H groups in total. The Morgan fingerprint density at radius 1 is 0.938 bits per heavy atom. The van der Waals surface area contributed by atoms with E-state index >= 15 is 0 Å². The molecule has 0 aliphatic heterocycles. The number of ether oxygens (including phenoxy) is 1. The summed E-state index contributed by atoms with van der Waals surface area (Å²) in [5.41, 5.74) is -1.40. The Bertz CT molecular complexity index is 1060. The van der Waals surface area contributed by atoms with Gasteiger partial charge in [0.25, 0.3) is 5.91 Å². The molecule has 2 aromatic carbocycles. The number of benzene rings is 2. The number of esters is 1. The zero-order valence-corrected chi connectivity index (χ0v) is 19.3. The molecule has 0 atom stereocenters. The number of hydrogen-bond donors (Lipinski definition) is 6. The molecule has 0 saturated carbocycles. The lowest BCUT2D eigenvalue weighted by Gasteiger charge is -2.20. The first-order valence-corrected chi connectivity index (χ1v) is 12.8. The van der Waals surface area contributed by atoms with Crippen LogP contribution in [-0.4, -0.2) is 43.6 Å². The third-order valence-corrected chi connectivity index (χ3v) is 7.83. The van der Waals surface area contributed by atoms with E-state index in [-0.39, 0.29) is 6.42 Å². The number of nitrogens with one attached hydrogen (secondary N) is 2. The van der Waals surface area contributed by atoms with Gasteiger partial charge < -0.3 is 34.9 Å². The van der Waals surface area contributed by atoms with Gasteiger partial charge in [0, 0.05) is 5.69 Å². The van der Waals surface area contributed by atoms with Crippen molar-refractivity contribution in [1.82, 2.24) is 5.32 Å². The van der Waals surface area contributed by atoms with Gasteiger partial charge in [-0.15, -0.1) is 0 Å². The van der Waals surface area contributed by atoms with Crippen LogP contribution in [0.1, 0.15) is 5.56 Å². The highest BCUT2D eigenvalue weighted by molar-refractivity contribution is 7.70. The molecule has 15 heteroatoms. The maximum Gasteiger partial charge on any atom is 0.360 e. The van der Waals surface area contributed by atoms with Crippen molar-refractivity contribution in [1.29, 1.82) is 0 Å². The van der Waals surface area contributed by atoms with Crippen LogP contribution in [-0.2, 0) is 29.9 Å². The quantitative estimate of drug-likeness (QED) is 0.209. The lowest BCUT2D eigenvalue weighted by Crippen LogP contribution is -2.37. The minimum Gasteiger partial charge on any atom is -0.455 e. The van der Waals surface area contributed by atoms with Crippen molar-refractivity contribution < 1.29 is 43.0 Å². The van der Waals surface area contributed by atoms with E-state index in [1.807, 2.05) is 0 Å². The third kappa shape index (κ3) is 7.58. The average Bonchev–Trinajstić information content (AvgIpc) is 2.67. The van der Waals surface area contributed by atoms with Crippen molar-refractivity contribution in [3.05, 3.63) is 58.1 Å². The standard InChI is InChI=1S/C17H18Cl2N2O9P2/c18-11-5-3-6-12(19)16(11)20-13-7-2-1-4-10(13)8-15(23)30-9-14(22)21-17(31(24,25)26)32(27,28)29/h1-7,17,20H,8-9H2,(H,21,22)(H2,24,25,26)(H2,27,28,29). The summed E-state index contributed by atoms with van der Waals surface area (Å²) >= 11 is 12.3. The molecule has 0 unspecified atom stereocenters. The van der Waals surface area contributed by atoms with E-state index in [1.54, 1.807) is 42.5 Å². The Kier molecular flexibility index (Phi) is 8.87. The SMILES string of the molecule is O=C(COC(=O)Cc1ccccc1Nc1c(Cl)cccc1Cl)NC(P(=O)(O)O)P(=O)(O)O. The molecule has 32 heavy (non-hydrogen) atoms. The Hall–Kier alpha value is -1.94. The highest BCUT2D eigenvalue weighted by Gasteiger charge is 2.44. The zero-order valence-electron chi connectivity index (χ0n) is 16.0. The molecule has 0 radical (unpaired) electrons. The lowest BCUT2D eigenvalue weighted by molar-refractivity contribution is -0.147. The van der Waals surface area contributed by atoms with E-state index in [1.165, 1.54) is 5.32 Å². The van der Waals surface area contributed by atoms with E-state index < -0.39 is 39.2 Å². The van der Waals surface area contributed by atoms with Crippen LogP contribution in [0.25, 0.3) is 0 Å². The molecule has 11 nitrogen and oxygen atoms in total. The normalized spacial score (nSPS) is 11.8. The number of carbonyl (C=O) groups is 2. The van der Waals surface area contributed by atoms with Gasteiger partial charge in [-0.25, -0.2) is 0 Å². The van der Waals surface area contributed by atoms with Gasteiger partial charge in [0.2, 0.25) is 5.52 Å². The van der Waals surface area contributed by atoms with Crippen molar-refractivity contribution >= 4 is 61.6 Å². The number of halogens is 2. The van der Waals surface area contributed by atoms with Crippen LogP contribution in [0.2, 0.25) is 10.0 Å². The third-order valence-electron chi connectivity index (χ3n) is 3.87. The van der Waals surface area contributed by atoms with E-state index in [4.69, 9.17) is 47.5 Å². The van der Waals surface area contributed by atoms with E-state index in [9.17, 15) is 18.7 Å². The van der Waals surface area contributed by atoms with Crippen LogP contribution in [0, 0.1) is 0 Å². The first-order chi connectivity index (χ1) is 14.8. The molecular weight excluding hydrogens is 509 g/mol. The van der Waals surface area contributed by atoms with Crippen LogP contribution in [0.15, 0.2) is 42.5 Å². The van der Waals surface area contributed by atoms with Gasteiger partial charge in [-0.2, -0.15) is 0 Å². The van der Waals surface area contributed by atoms with Crippen molar-refractivity contribution in [3.63, 3.8) is 0 Å². The predicted molar refractivity (Wildman–Crippen MR) is 117 cm³/mol. The highest BCUT2D eigenvalue weighted by Crippen LogP contribution is 2.58. The molecule has 174 valence electrons. The Balaban J connectivity index is 2.03. The molecule has 0 spiro atoms. The van der Waals surface area contributed by atoms with Gasteiger partial charge in [0.15, 0.2) is 6.61 Å². The largest absolute Gasteiger partial charge is 0.455 e. The molecule has 0 aliphatic carbocycles. The van der Waals surface area contributed by atoms with Gasteiger partial charge in [-0.3, -0.25) is 18.7 Å². The number of carbonyl (C=O) groups excluding carboxylic acids is 2. The maximum atomic E-state index is 12.1. The summed E-state index contributed by atoms with van der Waals surface area (Å²) in [5.74, 6) is -2.19. The molecule has 0 fully saturated rings. The second-order valence-electron chi connectivity index (χ2n) is 6.34. The molecule has 0 heterocycles. The number of hydrogen-bond acceptors (Lipinski definition) is 6. The summed E-state index contributed by atoms with van der Waals surface area (Å²) in [4.78, 5) is 59.9. The van der Waals surface area contributed by atoms with Gasteiger partial charge in [-0.1, -0.05) is 47.5 Å². The molecular formula is C17H18Cl2N2O9P2. The van der Waals surface area contributed by atoms with E-state index in [0.29, 0.717) is 27.0 Å². The Morgan fingerprint density at radius 2 is 1.50 bits per heavy atom. The molecule has 1 amide bonds. The lowest BCUT2D eigenvalue weighted by atomic mass is 10.1. The first kappa shape index (κ1) is 26.3. The Morgan fingerprint density at radius 3 is 2.06 bits per heavy atom. The van der Waals surface area contributed by atoms with Gasteiger partial charge in [-0.05, 0) is 23.8 Å². The fraction of sp³-hybridized carbons (Fsp3) is 0.176. The second kappa shape index (κ2) is 10.8. The van der Waals surface area contributed by atoms with Crippen LogP contribution < -0.4 is 10.6 Å².